The molecule has 7 heavy (non-hydrogen) atoms. The van der Waals surface area contributed by atoms with E-state index < -0.39 is 0 Å². The zero-order valence-corrected chi connectivity index (χ0v) is 7.06. The third-order valence-electron chi connectivity index (χ3n) is 0.0833. The number of hydrogen-bond donors (Lipinski definition) is 0. The first-order valence-corrected chi connectivity index (χ1v) is 0.901. The van der Waals surface area contributed by atoms with E-state index in [1.165, 1.54) is 6.29 Å². The van der Waals surface area contributed by atoms with E-state index in [1.807, 2.05) is 0 Å². The predicted molar refractivity (Wildman–Crippen MR) is 21.6 cm³/mol. The summed E-state index contributed by atoms with van der Waals surface area (Å²) in [5, 5.41) is 0. The van der Waals surface area contributed by atoms with Gasteiger partial charge < -0.3 is 4.79 Å². The van der Waals surface area contributed by atoms with Crippen molar-refractivity contribution in [2.24, 2.45) is 0 Å². The second-order valence-electron chi connectivity index (χ2n) is 0.322. The Morgan fingerprint density at radius 3 is 1.57 bits per heavy atom. The van der Waals surface area contributed by atoms with Gasteiger partial charge in [-0.15, -0.1) is 0 Å². The van der Waals surface area contributed by atoms with Gasteiger partial charge in [0.05, 0.1) is 0 Å². The van der Waals surface area contributed by atoms with Gasteiger partial charge in [0.25, 0.3) is 0 Å². The van der Waals surface area contributed by atoms with Gasteiger partial charge in [-0.05, 0) is 6.29 Å². The molecule has 0 aromatic heterocycles. The fourth-order valence-corrected chi connectivity index (χ4v) is 0. The number of rotatable bonds is 1. The van der Waals surface area contributed by atoms with Crippen molar-refractivity contribution in [3.63, 3.8) is 0 Å². The molecule has 4 heteroatoms. The molecule has 0 aliphatic heterocycles. The SMILES string of the molecule is C=C[C-]=O.[Cr].[Cr].[Si]. The van der Waals surface area contributed by atoms with Crippen molar-refractivity contribution in [2.45, 2.75) is 0 Å². The molecule has 0 aliphatic carbocycles. The predicted octanol–water partition coefficient (Wildman–Crippen LogP) is -0.104. The Morgan fingerprint density at radius 1 is 1.43 bits per heavy atom. The number of allylic oxidation sites excluding steroid dienone is 1. The third kappa shape index (κ3) is 51.5. The standard InChI is InChI=1S/C3H3O.2Cr.Si/c1-2-3-4;;;/h2H,1H2;;;/q-1;;;. The minimum absolute atomic E-state index is 0. The van der Waals surface area contributed by atoms with Crippen LogP contribution in [0.5, 0.6) is 0 Å². The van der Waals surface area contributed by atoms with E-state index in [2.05, 4.69) is 6.58 Å². The van der Waals surface area contributed by atoms with Crippen molar-refractivity contribution in [1.82, 2.24) is 0 Å². The first-order chi connectivity index (χ1) is 1.91. The smallest absolute Gasteiger partial charge is 0 e. The average molecular weight is 187 g/mol. The first kappa shape index (κ1) is 25.3. The summed E-state index contributed by atoms with van der Waals surface area (Å²) in [5.41, 5.74) is 0. The summed E-state index contributed by atoms with van der Waals surface area (Å²) in [5.74, 6) is 0. The van der Waals surface area contributed by atoms with Crippen molar-refractivity contribution < 1.29 is 39.5 Å². The van der Waals surface area contributed by atoms with Crippen LogP contribution >= 0.6 is 0 Å². The molecule has 0 atom stereocenters. The number of carbonyl (C=O) groups excluding carboxylic acids is 1. The molecule has 1 nitrogen and oxygen atoms in total. The van der Waals surface area contributed by atoms with Crippen LogP contribution in [0, 0.1) is 0 Å². The maximum absolute atomic E-state index is 8.93. The molecular weight excluding hydrogens is 184 g/mol. The summed E-state index contributed by atoms with van der Waals surface area (Å²) < 4.78 is 0. The summed E-state index contributed by atoms with van der Waals surface area (Å²) in [6.45, 7) is 3.06. The van der Waals surface area contributed by atoms with Crippen LogP contribution in [-0.2, 0) is 39.5 Å². The van der Waals surface area contributed by atoms with Gasteiger partial charge in [-0.3, -0.25) is 0 Å². The zero-order valence-electron chi connectivity index (χ0n) is 3.51. The van der Waals surface area contributed by atoms with Crippen LogP contribution in [0.2, 0.25) is 0 Å². The van der Waals surface area contributed by atoms with E-state index in [-0.39, 0.29) is 45.7 Å². The van der Waals surface area contributed by atoms with Gasteiger partial charge in [-0.2, -0.15) is 0 Å². The van der Waals surface area contributed by atoms with Gasteiger partial charge in [-0.1, -0.05) is 0 Å². The van der Waals surface area contributed by atoms with Crippen LogP contribution in [0.25, 0.3) is 0 Å². The molecule has 0 spiro atoms. The van der Waals surface area contributed by atoms with Crippen molar-refractivity contribution in [1.29, 1.82) is 0 Å². The molecular formula is C3H3Cr2OSi-. The Labute approximate surface area is 69.5 Å². The molecule has 0 unspecified atom stereocenters. The van der Waals surface area contributed by atoms with Crippen LogP contribution in [-0.4, -0.2) is 17.3 Å². The van der Waals surface area contributed by atoms with Crippen molar-refractivity contribution in [2.75, 3.05) is 0 Å². The fraction of sp³-hybridized carbons (Fsp3) is 0. The normalized spacial score (nSPS) is 2.86. The van der Waals surface area contributed by atoms with Crippen molar-refractivity contribution >= 4 is 17.3 Å². The molecule has 0 heterocycles. The molecule has 0 fully saturated rings. The Balaban J connectivity index is -0.0000000150. The van der Waals surface area contributed by atoms with Crippen LogP contribution in [0.15, 0.2) is 12.7 Å². The Morgan fingerprint density at radius 2 is 1.57 bits per heavy atom. The zero-order chi connectivity index (χ0) is 3.41. The van der Waals surface area contributed by atoms with E-state index >= 15 is 0 Å². The summed E-state index contributed by atoms with van der Waals surface area (Å²) in [4.78, 5) is 8.93. The maximum atomic E-state index is 8.93. The molecule has 0 bridgehead atoms. The molecule has 0 saturated carbocycles. The summed E-state index contributed by atoms with van der Waals surface area (Å²) in [7, 11) is 0. The quantitative estimate of drug-likeness (QED) is 0.318. The van der Waals surface area contributed by atoms with Gasteiger partial charge in [-0.25, -0.2) is 12.7 Å². The van der Waals surface area contributed by atoms with Crippen LogP contribution in [0.1, 0.15) is 0 Å². The molecule has 0 aliphatic rings. The minimum Gasteiger partial charge on any atom is -0.419 e. The average Bonchev–Trinajstić information content (AvgIpc) is 1.37. The Hall–Kier alpha value is 0.692. The third-order valence-corrected chi connectivity index (χ3v) is 0.0833. The number of hydrogen-bond acceptors (Lipinski definition) is 1. The molecule has 0 saturated heterocycles. The molecule has 0 aromatic carbocycles. The van der Waals surface area contributed by atoms with Gasteiger partial charge >= 0.3 is 0 Å². The van der Waals surface area contributed by atoms with Gasteiger partial charge in [0, 0.05) is 45.7 Å². The molecule has 0 aromatic rings. The summed E-state index contributed by atoms with van der Waals surface area (Å²) in [6, 6.07) is 0. The molecule has 38 valence electrons. The molecule has 4 radical (unpaired) electrons. The van der Waals surface area contributed by atoms with E-state index in [4.69, 9.17) is 4.79 Å². The van der Waals surface area contributed by atoms with Crippen LogP contribution < -0.4 is 0 Å². The second kappa shape index (κ2) is 29.9. The summed E-state index contributed by atoms with van der Waals surface area (Å²) >= 11 is 0. The topological polar surface area (TPSA) is 17.1 Å². The Kier molecular flexibility index (Phi) is 108. The van der Waals surface area contributed by atoms with Crippen molar-refractivity contribution in [3.05, 3.63) is 12.7 Å². The van der Waals surface area contributed by atoms with E-state index in [1.54, 1.807) is 0 Å². The fourth-order valence-electron chi connectivity index (χ4n) is 0. The summed E-state index contributed by atoms with van der Waals surface area (Å²) in [6.07, 6.45) is 2.51. The van der Waals surface area contributed by atoms with Crippen molar-refractivity contribution in [3.8, 4) is 0 Å². The van der Waals surface area contributed by atoms with Gasteiger partial charge in [0.1, 0.15) is 0 Å². The first-order valence-electron chi connectivity index (χ1n) is 0.901. The van der Waals surface area contributed by atoms with Crippen LogP contribution in [0.4, 0.5) is 0 Å². The molecule has 0 rings (SSSR count). The van der Waals surface area contributed by atoms with E-state index in [0.29, 0.717) is 0 Å². The molecule has 0 amide bonds. The minimum atomic E-state index is 0. The van der Waals surface area contributed by atoms with Gasteiger partial charge in [0.15, 0.2) is 0 Å². The van der Waals surface area contributed by atoms with E-state index in [9.17, 15) is 0 Å². The second-order valence-corrected chi connectivity index (χ2v) is 0.322. The van der Waals surface area contributed by atoms with Gasteiger partial charge in [0.2, 0.25) is 0 Å². The van der Waals surface area contributed by atoms with Crippen LogP contribution in [0.3, 0.4) is 0 Å². The monoisotopic (exact) mass is 187 g/mol. The largest absolute Gasteiger partial charge is 0.419 e. The molecule has 0 N–H and O–H groups in total. The van der Waals surface area contributed by atoms with E-state index in [0.717, 1.165) is 6.08 Å². The maximum Gasteiger partial charge on any atom is 0 e. The Bertz CT molecular complexity index is 33.9.